The van der Waals surface area contributed by atoms with Gasteiger partial charge in [-0.25, -0.2) is 0 Å². The Bertz CT molecular complexity index is 604. The molecular weight excluding hydrogens is 240 g/mol. The average molecular weight is 258 g/mol. The molecule has 0 saturated heterocycles. The lowest BCUT2D eigenvalue weighted by atomic mass is 10.2. The van der Waals surface area contributed by atoms with E-state index < -0.39 is 0 Å². The smallest absolute Gasteiger partial charge is 0.257 e. The van der Waals surface area contributed by atoms with Crippen LogP contribution in [0.3, 0.4) is 0 Å². The highest BCUT2D eigenvalue weighted by Gasteiger charge is 2.00. The van der Waals surface area contributed by atoms with E-state index in [2.05, 4.69) is 16.9 Å². The molecule has 4 heteroatoms. The number of fused-ring (bicyclic) bond motifs is 1. The van der Waals surface area contributed by atoms with E-state index in [-0.39, 0.29) is 5.56 Å². The first-order valence-corrected chi connectivity index (χ1v) is 6.36. The molecule has 2 rings (SSSR count). The van der Waals surface area contributed by atoms with E-state index in [1.807, 2.05) is 36.4 Å². The molecule has 0 radical (unpaired) electrons. The van der Waals surface area contributed by atoms with Crippen LogP contribution in [0.2, 0.25) is 0 Å². The SMILES string of the molecule is C=CCCOCCNc1cc2ccccc2c(=O)[nH]1. The molecule has 1 aromatic heterocycles. The van der Waals surface area contributed by atoms with Crippen LogP contribution in [-0.2, 0) is 4.74 Å². The van der Waals surface area contributed by atoms with Gasteiger partial charge in [0.25, 0.3) is 5.56 Å². The number of pyridine rings is 1. The fraction of sp³-hybridized carbons (Fsp3) is 0.267. The van der Waals surface area contributed by atoms with E-state index in [0.717, 1.165) is 17.6 Å². The first-order chi connectivity index (χ1) is 9.31. The monoisotopic (exact) mass is 258 g/mol. The van der Waals surface area contributed by atoms with Gasteiger partial charge in [-0.2, -0.15) is 0 Å². The van der Waals surface area contributed by atoms with Crippen molar-refractivity contribution in [2.24, 2.45) is 0 Å². The summed E-state index contributed by atoms with van der Waals surface area (Å²) in [6, 6.07) is 9.45. The van der Waals surface area contributed by atoms with Crippen LogP contribution in [0.25, 0.3) is 10.8 Å². The zero-order chi connectivity index (χ0) is 13.5. The van der Waals surface area contributed by atoms with Gasteiger partial charge in [-0.05, 0) is 23.9 Å². The minimum Gasteiger partial charge on any atom is -0.379 e. The summed E-state index contributed by atoms with van der Waals surface area (Å²) in [5, 5.41) is 4.78. The van der Waals surface area contributed by atoms with Crippen molar-refractivity contribution in [3.05, 3.63) is 53.3 Å². The normalized spacial score (nSPS) is 10.5. The second-order valence-corrected chi connectivity index (χ2v) is 4.22. The molecule has 0 saturated carbocycles. The lowest BCUT2D eigenvalue weighted by molar-refractivity contribution is 0.149. The third kappa shape index (κ3) is 3.69. The quantitative estimate of drug-likeness (QED) is 0.592. The number of anilines is 1. The number of rotatable bonds is 7. The number of benzene rings is 1. The van der Waals surface area contributed by atoms with Crippen LogP contribution in [0, 0.1) is 0 Å². The third-order valence-electron chi connectivity index (χ3n) is 2.78. The Morgan fingerprint density at radius 1 is 1.32 bits per heavy atom. The molecule has 0 aliphatic carbocycles. The molecule has 0 bridgehead atoms. The van der Waals surface area contributed by atoms with Crippen molar-refractivity contribution in [1.29, 1.82) is 0 Å². The highest BCUT2D eigenvalue weighted by Crippen LogP contribution is 2.12. The summed E-state index contributed by atoms with van der Waals surface area (Å²) in [5.74, 6) is 0.719. The molecule has 2 aromatic rings. The number of ether oxygens (including phenoxy) is 1. The van der Waals surface area contributed by atoms with E-state index >= 15 is 0 Å². The fourth-order valence-corrected chi connectivity index (χ4v) is 1.83. The average Bonchev–Trinajstić information content (AvgIpc) is 2.43. The number of aromatic nitrogens is 1. The lowest BCUT2D eigenvalue weighted by Crippen LogP contribution is -2.14. The number of nitrogens with one attached hydrogen (secondary N) is 2. The fourth-order valence-electron chi connectivity index (χ4n) is 1.83. The summed E-state index contributed by atoms with van der Waals surface area (Å²) in [4.78, 5) is 14.6. The number of hydrogen-bond acceptors (Lipinski definition) is 3. The Balaban J connectivity index is 1.94. The van der Waals surface area contributed by atoms with Crippen LogP contribution in [-0.4, -0.2) is 24.7 Å². The number of hydrogen-bond donors (Lipinski definition) is 2. The van der Waals surface area contributed by atoms with Gasteiger partial charge in [0, 0.05) is 11.9 Å². The molecule has 0 spiro atoms. The first-order valence-electron chi connectivity index (χ1n) is 6.36. The maximum Gasteiger partial charge on any atom is 0.257 e. The van der Waals surface area contributed by atoms with Crippen LogP contribution in [0.1, 0.15) is 6.42 Å². The molecule has 100 valence electrons. The summed E-state index contributed by atoms with van der Waals surface area (Å²) in [6.07, 6.45) is 2.68. The van der Waals surface area contributed by atoms with Crippen molar-refractivity contribution in [3.63, 3.8) is 0 Å². The molecule has 19 heavy (non-hydrogen) atoms. The standard InChI is InChI=1S/C15H18N2O2/c1-2-3-9-19-10-8-16-14-11-12-6-4-5-7-13(12)15(18)17-14/h2,4-7,11H,1,3,8-10H2,(H2,16,17,18). The molecular formula is C15H18N2O2. The summed E-state index contributed by atoms with van der Waals surface area (Å²) in [5.41, 5.74) is -0.0758. The van der Waals surface area contributed by atoms with Gasteiger partial charge in [0.1, 0.15) is 5.82 Å². The molecule has 2 N–H and O–H groups in total. The Hall–Kier alpha value is -2.07. The molecule has 0 aliphatic heterocycles. The zero-order valence-electron chi connectivity index (χ0n) is 10.8. The van der Waals surface area contributed by atoms with Crippen LogP contribution in [0.5, 0.6) is 0 Å². The van der Waals surface area contributed by atoms with Gasteiger partial charge in [-0.1, -0.05) is 24.3 Å². The predicted octanol–water partition coefficient (Wildman–Crippen LogP) is 2.53. The highest BCUT2D eigenvalue weighted by molar-refractivity contribution is 5.83. The van der Waals surface area contributed by atoms with Gasteiger partial charge >= 0.3 is 0 Å². The van der Waals surface area contributed by atoms with Gasteiger partial charge in [0.15, 0.2) is 0 Å². The Labute approximate surface area is 112 Å². The summed E-state index contributed by atoms with van der Waals surface area (Å²) in [6.45, 7) is 5.57. The Kier molecular flexibility index (Phi) is 4.75. The van der Waals surface area contributed by atoms with Gasteiger partial charge in [0.05, 0.1) is 13.2 Å². The summed E-state index contributed by atoms with van der Waals surface area (Å²) in [7, 11) is 0. The van der Waals surface area contributed by atoms with E-state index in [1.165, 1.54) is 0 Å². The molecule has 0 atom stereocenters. The molecule has 0 fully saturated rings. The van der Waals surface area contributed by atoms with Gasteiger partial charge < -0.3 is 15.0 Å². The Morgan fingerprint density at radius 3 is 3.00 bits per heavy atom. The Morgan fingerprint density at radius 2 is 2.16 bits per heavy atom. The third-order valence-corrected chi connectivity index (χ3v) is 2.78. The summed E-state index contributed by atoms with van der Waals surface area (Å²) < 4.78 is 5.39. The number of H-pyrrole nitrogens is 1. The second-order valence-electron chi connectivity index (χ2n) is 4.22. The van der Waals surface area contributed by atoms with Crippen molar-refractivity contribution in [2.75, 3.05) is 25.1 Å². The van der Waals surface area contributed by atoms with E-state index in [9.17, 15) is 4.79 Å². The van der Waals surface area contributed by atoms with E-state index in [4.69, 9.17) is 4.74 Å². The predicted molar refractivity (Wildman–Crippen MR) is 78.7 cm³/mol. The van der Waals surface area contributed by atoms with Crippen molar-refractivity contribution in [3.8, 4) is 0 Å². The van der Waals surface area contributed by atoms with Gasteiger partial charge in [0.2, 0.25) is 0 Å². The van der Waals surface area contributed by atoms with Crippen LogP contribution >= 0.6 is 0 Å². The highest BCUT2D eigenvalue weighted by atomic mass is 16.5. The topological polar surface area (TPSA) is 54.1 Å². The molecule has 0 amide bonds. The second kappa shape index (κ2) is 6.75. The molecule has 0 aliphatic rings. The maximum atomic E-state index is 11.8. The van der Waals surface area contributed by atoms with Crippen molar-refractivity contribution >= 4 is 16.6 Å². The van der Waals surface area contributed by atoms with Crippen molar-refractivity contribution < 1.29 is 4.74 Å². The number of aromatic amines is 1. The maximum absolute atomic E-state index is 11.8. The van der Waals surface area contributed by atoms with Crippen LogP contribution < -0.4 is 10.9 Å². The summed E-state index contributed by atoms with van der Waals surface area (Å²) >= 11 is 0. The first kappa shape index (κ1) is 13.4. The largest absolute Gasteiger partial charge is 0.379 e. The van der Waals surface area contributed by atoms with Crippen molar-refractivity contribution in [2.45, 2.75) is 6.42 Å². The van der Waals surface area contributed by atoms with Crippen LogP contribution in [0.4, 0.5) is 5.82 Å². The van der Waals surface area contributed by atoms with E-state index in [1.54, 1.807) is 0 Å². The molecule has 1 aromatic carbocycles. The van der Waals surface area contributed by atoms with Crippen LogP contribution in [0.15, 0.2) is 47.8 Å². The molecule has 0 unspecified atom stereocenters. The minimum atomic E-state index is -0.0758. The molecule has 1 heterocycles. The lowest BCUT2D eigenvalue weighted by Gasteiger charge is -2.07. The minimum absolute atomic E-state index is 0.0758. The molecule has 4 nitrogen and oxygen atoms in total. The van der Waals surface area contributed by atoms with Gasteiger partial charge in [-0.15, -0.1) is 6.58 Å². The zero-order valence-corrected chi connectivity index (χ0v) is 10.8. The van der Waals surface area contributed by atoms with Crippen molar-refractivity contribution in [1.82, 2.24) is 4.98 Å². The van der Waals surface area contributed by atoms with E-state index in [0.29, 0.717) is 25.1 Å². The van der Waals surface area contributed by atoms with Gasteiger partial charge in [-0.3, -0.25) is 4.79 Å².